The quantitative estimate of drug-likeness (QED) is 0.345. The minimum atomic E-state index is -1.83. The van der Waals surface area contributed by atoms with Crippen LogP contribution in [0.2, 0.25) is 0 Å². The Morgan fingerprint density at radius 2 is 1.67 bits per heavy atom. The molecule has 2 atom stereocenters. The van der Waals surface area contributed by atoms with Gasteiger partial charge < -0.3 is 25.2 Å². The number of amides is 1. The molecule has 0 unspecified atom stereocenters. The Morgan fingerprint density at radius 3 is 2.36 bits per heavy atom. The summed E-state index contributed by atoms with van der Waals surface area (Å²) < 4.78 is 5.74. The van der Waals surface area contributed by atoms with E-state index in [4.69, 9.17) is 10.00 Å². The Hall–Kier alpha value is -4.19. The van der Waals surface area contributed by atoms with E-state index in [2.05, 4.69) is 28.4 Å². The van der Waals surface area contributed by atoms with Crippen molar-refractivity contribution in [2.75, 3.05) is 18.0 Å². The molecule has 1 fully saturated rings. The molecule has 4 rings (SSSR count). The maximum Gasteiger partial charge on any atom is 0.252 e. The van der Waals surface area contributed by atoms with Crippen molar-refractivity contribution in [2.45, 2.75) is 44.4 Å². The number of carbonyl (C=O) groups is 2. The van der Waals surface area contributed by atoms with Crippen LogP contribution in [0, 0.1) is 17.2 Å². The normalized spacial score (nSPS) is 15.2. The highest BCUT2D eigenvalue weighted by atomic mass is 16.5. The predicted octanol–water partition coefficient (Wildman–Crippen LogP) is 3.95. The molecular weight excluding hydrogens is 494 g/mol. The highest BCUT2D eigenvalue weighted by Crippen LogP contribution is 2.26. The standard InChI is InChI=1S/C31H33N3O5/c32-20-24-5-4-8-27(19-24)39-26-12-9-23(10-13-26)21-33-31(38)30(37)29(36)28(35)14-11-22-15-17-34(18-16-22)25-6-2-1-3-7-25/h1-10,12-13,19,22,29-30,36-37H,11,14-18,21H2,(H,33,38)/t29-,30+/m0/s1. The summed E-state index contributed by atoms with van der Waals surface area (Å²) in [5.41, 5.74) is 2.44. The lowest BCUT2D eigenvalue weighted by molar-refractivity contribution is -0.145. The summed E-state index contributed by atoms with van der Waals surface area (Å²) in [6.07, 6.45) is -0.918. The molecule has 1 saturated heterocycles. The van der Waals surface area contributed by atoms with Crippen LogP contribution in [-0.2, 0) is 16.1 Å². The first-order chi connectivity index (χ1) is 18.9. The van der Waals surface area contributed by atoms with Crippen molar-refractivity contribution in [2.24, 2.45) is 5.92 Å². The highest BCUT2D eigenvalue weighted by Gasteiger charge is 2.30. The molecule has 8 nitrogen and oxygen atoms in total. The first-order valence-electron chi connectivity index (χ1n) is 13.2. The van der Waals surface area contributed by atoms with Crippen LogP contribution in [0.15, 0.2) is 78.9 Å². The van der Waals surface area contributed by atoms with Crippen LogP contribution < -0.4 is 15.0 Å². The molecule has 0 radical (unpaired) electrons. The smallest absolute Gasteiger partial charge is 0.252 e. The van der Waals surface area contributed by atoms with Gasteiger partial charge in [-0.05, 0) is 73.2 Å². The van der Waals surface area contributed by atoms with E-state index in [9.17, 15) is 19.8 Å². The molecule has 1 heterocycles. The van der Waals surface area contributed by atoms with Crippen LogP contribution in [-0.4, -0.2) is 47.2 Å². The minimum absolute atomic E-state index is 0.112. The summed E-state index contributed by atoms with van der Waals surface area (Å²) in [4.78, 5) is 27.2. The van der Waals surface area contributed by atoms with Gasteiger partial charge >= 0.3 is 0 Å². The Balaban J connectivity index is 1.17. The van der Waals surface area contributed by atoms with Gasteiger partial charge in [0.25, 0.3) is 5.91 Å². The number of ether oxygens (including phenoxy) is 1. The van der Waals surface area contributed by atoms with Crippen molar-refractivity contribution >= 4 is 17.4 Å². The van der Waals surface area contributed by atoms with Gasteiger partial charge in [-0.2, -0.15) is 5.26 Å². The molecule has 1 aliphatic rings. The fourth-order valence-electron chi connectivity index (χ4n) is 4.67. The lowest BCUT2D eigenvalue weighted by Gasteiger charge is -2.33. The van der Waals surface area contributed by atoms with Crippen molar-refractivity contribution in [1.29, 1.82) is 5.26 Å². The lowest BCUT2D eigenvalue weighted by atomic mass is 9.90. The zero-order chi connectivity index (χ0) is 27.6. The number of para-hydroxylation sites is 1. The number of rotatable bonds is 11. The van der Waals surface area contributed by atoms with Crippen molar-refractivity contribution in [1.82, 2.24) is 5.32 Å². The van der Waals surface area contributed by atoms with E-state index >= 15 is 0 Å². The molecule has 0 spiro atoms. The van der Waals surface area contributed by atoms with Gasteiger partial charge in [-0.1, -0.05) is 36.4 Å². The molecule has 3 N–H and O–H groups in total. The second kappa shape index (κ2) is 13.6. The Morgan fingerprint density at radius 1 is 0.949 bits per heavy atom. The SMILES string of the molecule is N#Cc1cccc(Oc2ccc(CNC(=O)[C@H](O)[C@@H](O)C(=O)CCC3CCN(c4ccccc4)CC3)cc2)c1. The van der Waals surface area contributed by atoms with E-state index in [0.717, 1.165) is 31.5 Å². The summed E-state index contributed by atoms with van der Waals surface area (Å²) in [5.74, 6) is 0.140. The minimum Gasteiger partial charge on any atom is -0.457 e. The van der Waals surface area contributed by atoms with Crippen LogP contribution in [0.3, 0.4) is 0 Å². The zero-order valence-corrected chi connectivity index (χ0v) is 21.7. The summed E-state index contributed by atoms with van der Waals surface area (Å²) in [5, 5.41) is 32.1. The fraction of sp³-hybridized carbons (Fsp3) is 0.323. The summed E-state index contributed by atoms with van der Waals surface area (Å²) in [7, 11) is 0. The number of aliphatic hydroxyl groups excluding tert-OH is 2. The number of piperidine rings is 1. The first-order valence-corrected chi connectivity index (χ1v) is 13.2. The topological polar surface area (TPSA) is 123 Å². The molecule has 8 heteroatoms. The van der Waals surface area contributed by atoms with Crippen molar-refractivity contribution in [3.05, 3.63) is 90.0 Å². The number of Topliss-reactive ketones (excluding diaryl/α,β-unsaturated/α-hetero) is 1. The highest BCUT2D eigenvalue weighted by molar-refractivity contribution is 5.91. The number of nitrogens with one attached hydrogen (secondary N) is 1. The van der Waals surface area contributed by atoms with Crippen LogP contribution in [0.4, 0.5) is 5.69 Å². The lowest BCUT2D eigenvalue weighted by Crippen LogP contribution is -2.45. The Kier molecular flexibility index (Phi) is 9.68. The molecule has 3 aromatic carbocycles. The molecule has 1 aliphatic heterocycles. The van der Waals surface area contributed by atoms with E-state index in [0.29, 0.717) is 29.4 Å². The number of aliphatic hydroxyl groups is 2. The van der Waals surface area contributed by atoms with E-state index in [1.54, 1.807) is 48.5 Å². The molecule has 202 valence electrons. The first kappa shape index (κ1) is 27.8. The molecular formula is C31H33N3O5. The largest absolute Gasteiger partial charge is 0.457 e. The van der Waals surface area contributed by atoms with Gasteiger partial charge in [-0.15, -0.1) is 0 Å². The summed E-state index contributed by atoms with van der Waals surface area (Å²) >= 11 is 0. The second-order valence-corrected chi connectivity index (χ2v) is 9.76. The zero-order valence-electron chi connectivity index (χ0n) is 21.7. The van der Waals surface area contributed by atoms with E-state index in [-0.39, 0.29) is 13.0 Å². The number of nitrogens with zero attached hydrogens (tertiary/aromatic N) is 2. The molecule has 1 amide bonds. The Labute approximate surface area is 228 Å². The average molecular weight is 528 g/mol. The second-order valence-electron chi connectivity index (χ2n) is 9.76. The maximum absolute atomic E-state index is 12.5. The van der Waals surface area contributed by atoms with E-state index < -0.39 is 23.9 Å². The van der Waals surface area contributed by atoms with Gasteiger partial charge in [0.2, 0.25) is 0 Å². The van der Waals surface area contributed by atoms with Crippen molar-refractivity contribution < 1.29 is 24.5 Å². The Bertz CT molecular complexity index is 1280. The monoisotopic (exact) mass is 527 g/mol. The van der Waals surface area contributed by atoms with E-state index in [1.165, 1.54) is 5.69 Å². The van der Waals surface area contributed by atoms with Gasteiger partial charge in [0.15, 0.2) is 11.9 Å². The van der Waals surface area contributed by atoms with Crippen LogP contribution in [0.1, 0.15) is 36.8 Å². The molecule has 3 aromatic rings. The number of hydrogen-bond acceptors (Lipinski definition) is 7. The van der Waals surface area contributed by atoms with Gasteiger partial charge in [0.05, 0.1) is 11.6 Å². The molecule has 0 bridgehead atoms. The predicted molar refractivity (Wildman–Crippen MR) is 147 cm³/mol. The average Bonchev–Trinajstić information content (AvgIpc) is 2.99. The number of ketones is 1. The van der Waals surface area contributed by atoms with Gasteiger partial charge in [-0.3, -0.25) is 9.59 Å². The van der Waals surface area contributed by atoms with E-state index in [1.807, 2.05) is 18.2 Å². The summed E-state index contributed by atoms with van der Waals surface area (Å²) in [6.45, 7) is 1.94. The molecule has 0 aliphatic carbocycles. The molecule has 39 heavy (non-hydrogen) atoms. The maximum atomic E-state index is 12.5. The van der Waals surface area contributed by atoms with Gasteiger partial charge in [-0.25, -0.2) is 0 Å². The number of carbonyl (C=O) groups excluding carboxylic acids is 2. The third-order valence-corrected chi connectivity index (χ3v) is 7.02. The third kappa shape index (κ3) is 7.90. The third-order valence-electron chi connectivity index (χ3n) is 7.02. The molecule has 0 aromatic heterocycles. The number of benzene rings is 3. The number of nitriles is 1. The number of anilines is 1. The number of hydrogen-bond donors (Lipinski definition) is 3. The van der Waals surface area contributed by atoms with Gasteiger partial charge in [0.1, 0.15) is 17.6 Å². The van der Waals surface area contributed by atoms with Gasteiger partial charge in [0, 0.05) is 31.7 Å². The van der Waals surface area contributed by atoms with Crippen molar-refractivity contribution in [3.63, 3.8) is 0 Å². The van der Waals surface area contributed by atoms with Crippen LogP contribution >= 0.6 is 0 Å². The van der Waals surface area contributed by atoms with Crippen molar-refractivity contribution in [3.8, 4) is 17.6 Å². The molecule has 0 saturated carbocycles. The van der Waals surface area contributed by atoms with Crippen LogP contribution in [0.5, 0.6) is 11.5 Å². The fourth-order valence-corrected chi connectivity index (χ4v) is 4.67. The summed E-state index contributed by atoms with van der Waals surface area (Å²) in [6, 6.07) is 26.0. The van der Waals surface area contributed by atoms with Crippen LogP contribution in [0.25, 0.3) is 0 Å².